The zero-order valence-corrected chi connectivity index (χ0v) is 6.95. The van der Waals surface area contributed by atoms with E-state index in [4.69, 9.17) is 16.7 Å². The van der Waals surface area contributed by atoms with Crippen LogP contribution in [0.4, 0.5) is 5.82 Å². The van der Waals surface area contributed by atoms with Crippen LogP contribution in [-0.4, -0.2) is 19.6 Å². The van der Waals surface area contributed by atoms with E-state index < -0.39 is 4.92 Å². The summed E-state index contributed by atoms with van der Waals surface area (Å²) in [6, 6.07) is 0. The molecule has 1 heterocycles. The van der Waals surface area contributed by atoms with Gasteiger partial charge in [0.1, 0.15) is 6.61 Å². The molecule has 0 saturated heterocycles. The van der Waals surface area contributed by atoms with E-state index in [0.29, 0.717) is 0 Å². The minimum Gasteiger partial charge on any atom is -0.386 e. The summed E-state index contributed by atoms with van der Waals surface area (Å²) in [5.41, 5.74) is 0. The fourth-order valence-corrected chi connectivity index (χ4v) is 1.13. The predicted octanol–water partition coefficient (Wildman–Crippen LogP) is 0.474. The van der Waals surface area contributed by atoms with Gasteiger partial charge in [-0.25, -0.2) is 4.57 Å². The molecule has 12 heavy (non-hydrogen) atoms. The number of nitrogens with zero attached hydrogens (tertiary/aromatic N) is 3. The van der Waals surface area contributed by atoms with E-state index in [1.807, 2.05) is 0 Å². The van der Waals surface area contributed by atoms with Crippen LogP contribution in [0.5, 0.6) is 0 Å². The second-order valence-electron chi connectivity index (χ2n) is 2.12. The SMILES string of the molecule is Cn1c(CO)nc(Cl)c1[N+](=O)[O-]. The van der Waals surface area contributed by atoms with Crippen molar-refractivity contribution in [2.24, 2.45) is 7.05 Å². The molecular weight excluding hydrogens is 186 g/mol. The van der Waals surface area contributed by atoms with Gasteiger partial charge < -0.3 is 15.2 Å². The predicted molar refractivity (Wildman–Crippen MR) is 40.8 cm³/mol. The van der Waals surface area contributed by atoms with Crippen molar-refractivity contribution in [3.8, 4) is 0 Å². The maximum absolute atomic E-state index is 10.4. The Kier molecular flexibility index (Phi) is 2.30. The van der Waals surface area contributed by atoms with Crippen molar-refractivity contribution in [1.82, 2.24) is 9.55 Å². The maximum atomic E-state index is 10.4. The van der Waals surface area contributed by atoms with Crippen LogP contribution in [0.25, 0.3) is 0 Å². The highest BCUT2D eigenvalue weighted by Crippen LogP contribution is 2.23. The molecule has 0 aliphatic carbocycles. The number of aromatic nitrogens is 2. The first-order chi connectivity index (χ1) is 5.57. The van der Waals surface area contributed by atoms with Gasteiger partial charge in [-0.15, -0.1) is 0 Å². The van der Waals surface area contributed by atoms with Gasteiger partial charge in [0.05, 0.1) is 7.05 Å². The lowest BCUT2D eigenvalue weighted by Gasteiger charge is -1.94. The minimum atomic E-state index is -0.644. The van der Waals surface area contributed by atoms with E-state index in [9.17, 15) is 10.1 Å². The molecule has 1 rings (SSSR count). The van der Waals surface area contributed by atoms with Crippen LogP contribution in [0.2, 0.25) is 5.15 Å². The van der Waals surface area contributed by atoms with Gasteiger partial charge in [-0.05, 0) is 4.92 Å². The summed E-state index contributed by atoms with van der Waals surface area (Å²) in [4.78, 5) is 13.3. The third-order valence-electron chi connectivity index (χ3n) is 1.43. The summed E-state index contributed by atoms with van der Waals surface area (Å²) in [7, 11) is 1.42. The Morgan fingerprint density at radius 2 is 2.42 bits per heavy atom. The van der Waals surface area contributed by atoms with Gasteiger partial charge in [-0.1, -0.05) is 11.6 Å². The molecule has 0 aliphatic heterocycles. The average molecular weight is 192 g/mol. The van der Waals surface area contributed by atoms with Crippen molar-refractivity contribution in [1.29, 1.82) is 0 Å². The summed E-state index contributed by atoms with van der Waals surface area (Å²) in [6.45, 7) is -0.371. The molecule has 0 unspecified atom stereocenters. The lowest BCUT2D eigenvalue weighted by molar-refractivity contribution is -0.391. The number of imidazole rings is 1. The minimum absolute atomic E-state index is 0.173. The Hall–Kier alpha value is -1.14. The third kappa shape index (κ3) is 1.26. The number of rotatable bonds is 2. The van der Waals surface area contributed by atoms with E-state index in [2.05, 4.69) is 4.98 Å². The Balaban J connectivity index is 3.28. The van der Waals surface area contributed by atoms with Crippen LogP contribution >= 0.6 is 11.6 Å². The van der Waals surface area contributed by atoms with Crippen molar-refractivity contribution >= 4 is 17.4 Å². The van der Waals surface area contributed by atoms with E-state index >= 15 is 0 Å². The number of hydrogen-bond donors (Lipinski definition) is 1. The molecule has 1 aromatic heterocycles. The van der Waals surface area contributed by atoms with Gasteiger partial charge in [0.25, 0.3) is 0 Å². The van der Waals surface area contributed by atoms with Crippen molar-refractivity contribution in [2.45, 2.75) is 6.61 Å². The van der Waals surface area contributed by atoms with Gasteiger partial charge in [-0.3, -0.25) is 0 Å². The van der Waals surface area contributed by atoms with Gasteiger partial charge in [-0.2, -0.15) is 4.98 Å². The Bertz CT molecular complexity index is 322. The number of aliphatic hydroxyl groups excluding tert-OH is 1. The molecule has 7 heteroatoms. The molecule has 0 spiro atoms. The Morgan fingerprint density at radius 1 is 1.83 bits per heavy atom. The van der Waals surface area contributed by atoms with E-state index in [0.717, 1.165) is 4.57 Å². The second kappa shape index (κ2) is 3.08. The molecule has 1 aromatic rings. The number of nitro groups is 1. The van der Waals surface area contributed by atoms with Crippen LogP contribution < -0.4 is 0 Å². The van der Waals surface area contributed by atoms with Gasteiger partial charge in [0.2, 0.25) is 11.0 Å². The summed E-state index contributed by atoms with van der Waals surface area (Å²) >= 11 is 5.44. The fraction of sp³-hybridized carbons (Fsp3) is 0.400. The molecule has 0 atom stereocenters. The monoisotopic (exact) mass is 191 g/mol. The third-order valence-corrected chi connectivity index (χ3v) is 1.68. The lowest BCUT2D eigenvalue weighted by Crippen LogP contribution is -2.01. The largest absolute Gasteiger partial charge is 0.386 e. The average Bonchev–Trinajstić information content (AvgIpc) is 2.25. The van der Waals surface area contributed by atoms with Crippen LogP contribution in [-0.2, 0) is 13.7 Å². The second-order valence-corrected chi connectivity index (χ2v) is 2.47. The quantitative estimate of drug-likeness (QED) is 0.544. The molecule has 0 amide bonds. The van der Waals surface area contributed by atoms with Gasteiger partial charge in [0, 0.05) is 0 Å². The Labute approximate surface area is 72.6 Å². The molecule has 1 N–H and O–H groups in total. The normalized spacial score (nSPS) is 10.2. The van der Waals surface area contributed by atoms with Crippen LogP contribution in [0.15, 0.2) is 0 Å². The Morgan fingerprint density at radius 3 is 2.67 bits per heavy atom. The summed E-state index contributed by atoms with van der Waals surface area (Å²) < 4.78 is 1.14. The number of halogens is 1. The molecule has 0 aliphatic rings. The zero-order chi connectivity index (χ0) is 9.30. The topological polar surface area (TPSA) is 81.2 Å². The van der Waals surface area contributed by atoms with Gasteiger partial charge in [0.15, 0.2) is 0 Å². The zero-order valence-electron chi connectivity index (χ0n) is 6.19. The number of hydrogen-bond acceptors (Lipinski definition) is 4. The first-order valence-electron chi connectivity index (χ1n) is 3.04. The van der Waals surface area contributed by atoms with Crippen molar-refractivity contribution in [3.05, 3.63) is 21.1 Å². The molecule has 6 nitrogen and oxygen atoms in total. The van der Waals surface area contributed by atoms with E-state index in [1.165, 1.54) is 7.05 Å². The summed E-state index contributed by atoms with van der Waals surface area (Å²) in [6.07, 6.45) is 0. The van der Waals surface area contributed by atoms with Crippen molar-refractivity contribution in [2.75, 3.05) is 0 Å². The van der Waals surface area contributed by atoms with Crippen LogP contribution in [0, 0.1) is 10.1 Å². The molecule has 0 saturated carbocycles. The summed E-state index contributed by atoms with van der Waals surface area (Å²) in [5, 5.41) is 18.8. The molecule has 0 fully saturated rings. The first-order valence-corrected chi connectivity index (χ1v) is 3.42. The highest BCUT2D eigenvalue weighted by atomic mass is 35.5. The number of aliphatic hydroxyl groups is 1. The van der Waals surface area contributed by atoms with E-state index in [1.54, 1.807) is 0 Å². The molecule has 66 valence electrons. The molecule has 0 radical (unpaired) electrons. The first kappa shape index (κ1) is 8.95. The highest BCUT2D eigenvalue weighted by Gasteiger charge is 2.22. The van der Waals surface area contributed by atoms with Crippen molar-refractivity contribution in [3.63, 3.8) is 0 Å². The molecular formula is C5H6ClN3O3. The summed E-state index contributed by atoms with van der Waals surface area (Å²) in [5.74, 6) is -0.132. The van der Waals surface area contributed by atoms with Crippen LogP contribution in [0.3, 0.4) is 0 Å². The lowest BCUT2D eigenvalue weighted by atomic mass is 10.6. The molecule has 0 aromatic carbocycles. The smallest absolute Gasteiger partial charge is 0.362 e. The fourth-order valence-electron chi connectivity index (χ4n) is 0.838. The standard InChI is InChI=1S/C5H6ClN3O3/c1-8-3(2-10)7-4(6)5(8)9(11)12/h10H,2H2,1H3. The van der Waals surface area contributed by atoms with Crippen LogP contribution in [0.1, 0.15) is 5.82 Å². The van der Waals surface area contributed by atoms with E-state index in [-0.39, 0.29) is 23.4 Å². The van der Waals surface area contributed by atoms with Gasteiger partial charge >= 0.3 is 5.82 Å². The molecule has 0 bridgehead atoms. The highest BCUT2D eigenvalue weighted by molar-refractivity contribution is 6.31. The van der Waals surface area contributed by atoms with Crippen molar-refractivity contribution < 1.29 is 10.0 Å². The maximum Gasteiger partial charge on any atom is 0.362 e.